The van der Waals surface area contributed by atoms with Crippen molar-refractivity contribution < 1.29 is 19.5 Å². The van der Waals surface area contributed by atoms with Crippen LogP contribution >= 0.6 is 0 Å². The highest BCUT2D eigenvalue weighted by Crippen LogP contribution is 2.18. The topological polar surface area (TPSA) is 107 Å². The zero-order valence-electron chi connectivity index (χ0n) is 22.7. The second-order valence-electron chi connectivity index (χ2n) is 9.85. The number of nitrogens with zero attached hydrogens (tertiary/aromatic N) is 1. The van der Waals surface area contributed by atoms with Gasteiger partial charge in [-0.3, -0.25) is 14.4 Å². The summed E-state index contributed by atoms with van der Waals surface area (Å²) in [5.74, 6) is -2.27. The number of nitriles is 1. The molecule has 0 aliphatic carbocycles. The van der Waals surface area contributed by atoms with Crippen LogP contribution in [-0.4, -0.2) is 22.8 Å². The summed E-state index contributed by atoms with van der Waals surface area (Å²) >= 11 is 0. The number of benzene rings is 1. The number of allylic oxidation sites excluding steroid dienone is 2. The smallest absolute Gasteiger partial charge is 0.307 e. The molecule has 1 aromatic carbocycles. The number of rotatable bonds is 22. The van der Waals surface area contributed by atoms with Crippen molar-refractivity contribution >= 4 is 23.3 Å². The van der Waals surface area contributed by atoms with Crippen molar-refractivity contribution in [1.82, 2.24) is 0 Å². The van der Waals surface area contributed by atoms with Crippen LogP contribution in [0.1, 0.15) is 126 Å². The van der Waals surface area contributed by atoms with Gasteiger partial charge in [-0.25, -0.2) is 0 Å². The van der Waals surface area contributed by atoms with Crippen LogP contribution in [0.3, 0.4) is 0 Å². The molecule has 0 radical (unpaired) electrons. The average molecular weight is 511 g/mol. The maximum absolute atomic E-state index is 12.3. The van der Waals surface area contributed by atoms with E-state index in [2.05, 4.69) is 24.4 Å². The summed E-state index contributed by atoms with van der Waals surface area (Å²) in [5.41, 5.74) is 0.907. The Balaban J connectivity index is 2.12. The van der Waals surface area contributed by atoms with E-state index in [9.17, 15) is 19.5 Å². The van der Waals surface area contributed by atoms with Crippen LogP contribution in [0.4, 0.5) is 5.69 Å². The van der Waals surface area contributed by atoms with E-state index in [0.717, 1.165) is 19.3 Å². The highest BCUT2D eigenvalue weighted by Gasteiger charge is 2.21. The fourth-order valence-electron chi connectivity index (χ4n) is 4.30. The highest BCUT2D eigenvalue weighted by molar-refractivity contribution is 5.98. The molecule has 0 saturated heterocycles. The van der Waals surface area contributed by atoms with E-state index >= 15 is 0 Å². The number of carboxylic acid groups (broad SMARTS) is 1. The van der Waals surface area contributed by atoms with Gasteiger partial charge in [0.15, 0.2) is 5.78 Å². The minimum Gasteiger partial charge on any atom is -0.481 e. The number of ketones is 1. The Kier molecular flexibility index (Phi) is 18.4. The van der Waals surface area contributed by atoms with Gasteiger partial charge in [0.1, 0.15) is 0 Å². The molecule has 6 nitrogen and oxygen atoms in total. The molecule has 1 atom stereocenters. The van der Waals surface area contributed by atoms with Gasteiger partial charge in [-0.05, 0) is 56.4 Å². The summed E-state index contributed by atoms with van der Waals surface area (Å²) in [6.45, 7) is 2.24. The van der Waals surface area contributed by atoms with Gasteiger partial charge in [-0.1, -0.05) is 83.3 Å². The first-order chi connectivity index (χ1) is 18.0. The lowest BCUT2D eigenvalue weighted by atomic mass is 9.96. The van der Waals surface area contributed by atoms with Crippen molar-refractivity contribution in [3.05, 3.63) is 42.0 Å². The van der Waals surface area contributed by atoms with E-state index in [1.165, 1.54) is 70.6 Å². The van der Waals surface area contributed by atoms with Crippen LogP contribution in [0.25, 0.3) is 0 Å². The molecule has 0 fully saturated rings. The second-order valence-corrected chi connectivity index (χ2v) is 9.85. The number of carbonyl (C=O) groups is 3. The number of carboxylic acids is 1. The first kappa shape index (κ1) is 32.1. The summed E-state index contributed by atoms with van der Waals surface area (Å²) in [6.07, 6.45) is 21.7. The van der Waals surface area contributed by atoms with Crippen molar-refractivity contribution in [3.8, 4) is 6.07 Å². The van der Waals surface area contributed by atoms with Crippen molar-refractivity contribution in [1.29, 1.82) is 5.26 Å². The van der Waals surface area contributed by atoms with Crippen LogP contribution < -0.4 is 5.32 Å². The van der Waals surface area contributed by atoms with E-state index < -0.39 is 11.9 Å². The minimum atomic E-state index is -0.942. The van der Waals surface area contributed by atoms with Crippen molar-refractivity contribution in [2.75, 3.05) is 5.32 Å². The third-order valence-electron chi connectivity index (χ3n) is 6.58. The second kappa shape index (κ2) is 21.2. The molecule has 37 heavy (non-hydrogen) atoms. The summed E-state index contributed by atoms with van der Waals surface area (Å²) in [7, 11) is 0. The van der Waals surface area contributed by atoms with Gasteiger partial charge in [-0.15, -0.1) is 0 Å². The molecule has 204 valence electrons. The normalized spacial score (nSPS) is 11.8. The Morgan fingerprint density at radius 3 is 1.95 bits per heavy atom. The van der Waals surface area contributed by atoms with E-state index in [-0.39, 0.29) is 24.5 Å². The molecule has 0 bridgehead atoms. The first-order valence-electron chi connectivity index (χ1n) is 14.2. The molecule has 1 aromatic rings. The van der Waals surface area contributed by atoms with Gasteiger partial charge in [0.25, 0.3) is 0 Å². The average Bonchev–Trinajstić information content (AvgIpc) is 2.88. The largest absolute Gasteiger partial charge is 0.481 e. The van der Waals surface area contributed by atoms with Crippen molar-refractivity contribution in [2.24, 2.45) is 5.92 Å². The third kappa shape index (κ3) is 16.4. The molecule has 0 spiro atoms. The summed E-state index contributed by atoms with van der Waals surface area (Å²) in [6, 6.07) is 8.10. The summed E-state index contributed by atoms with van der Waals surface area (Å²) in [4.78, 5) is 35.7. The Bertz CT molecular complexity index is 855. The zero-order chi connectivity index (χ0) is 27.1. The number of unbranched alkanes of at least 4 members (excludes halogenated alkanes) is 12. The van der Waals surface area contributed by atoms with Gasteiger partial charge in [0.05, 0.1) is 18.4 Å². The lowest BCUT2D eigenvalue weighted by Gasteiger charge is -2.12. The fourth-order valence-corrected chi connectivity index (χ4v) is 4.30. The molecule has 0 heterocycles. The number of hydrogen-bond donors (Lipinski definition) is 2. The molecular weight excluding hydrogens is 464 g/mol. The van der Waals surface area contributed by atoms with Crippen LogP contribution in [0.5, 0.6) is 0 Å². The zero-order valence-corrected chi connectivity index (χ0v) is 22.7. The van der Waals surface area contributed by atoms with E-state index in [0.29, 0.717) is 17.7 Å². The third-order valence-corrected chi connectivity index (χ3v) is 6.58. The first-order valence-corrected chi connectivity index (χ1v) is 14.2. The van der Waals surface area contributed by atoms with Gasteiger partial charge in [0.2, 0.25) is 5.91 Å². The predicted octanol–water partition coefficient (Wildman–Crippen LogP) is 8.24. The lowest BCUT2D eigenvalue weighted by molar-refractivity contribution is -0.143. The van der Waals surface area contributed by atoms with Gasteiger partial charge >= 0.3 is 5.97 Å². The maximum atomic E-state index is 12.3. The van der Waals surface area contributed by atoms with E-state index in [1.54, 1.807) is 24.3 Å². The molecule has 0 aromatic heterocycles. The van der Waals surface area contributed by atoms with Crippen molar-refractivity contribution in [2.45, 2.75) is 116 Å². The van der Waals surface area contributed by atoms with E-state index in [1.807, 2.05) is 6.07 Å². The number of carbonyl (C=O) groups excluding carboxylic acids is 2. The monoisotopic (exact) mass is 510 g/mol. The number of nitrogens with one attached hydrogen (secondary N) is 1. The Morgan fingerprint density at radius 2 is 1.41 bits per heavy atom. The quantitative estimate of drug-likeness (QED) is 0.0927. The molecule has 0 aliphatic rings. The van der Waals surface area contributed by atoms with Crippen LogP contribution in [-0.2, 0) is 9.59 Å². The fraction of sp³-hybridized carbons (Fsp3) is 0.613. The lowest BCUT2D eigenvalue weighted by Crippen LogP contribution is -2.22. The van der Waals surface area contributed by atoms with Gasteiger partial charge in [-0.2, -0.15) is 5.26 Å². The molecule has 1 unspecified atom stereocenters. The molecule has 0 saturated carbocycles. The molecule has 6 heteroatoms. The number of amides is 1. The number of Topliss-reactive ketones (excluding diaryl/α,β-unsaturated/α-hetero) is 1. The maximum Gasteiger partial charge on any atom is 0.307 e. The van der Waals surface area contributed by atoms with Crippen LogP contribution in [0.2, 0.25) is 0 Å². The Labute approximate surface area is 223 Å². The number of aliphatic carboxylic acids is 1. The number of anilines is 1. The van der Waals surface area contributed by atoms with Crippen molar-refractivity contribution in [3.63, 3.8) is 0 Å². The molecular formula is C31H46N2O4. The predicted molar refractivity (Wildman–Crippen MR) is 149 cm³/mol. The summed E-state index contributed by atoms with van der Waals surface area (Å²) < 4.78 is 0. The van der Waals surface area contributed by atoms with E-state index in [4.69, 9.17) is 5.26 Å². The van der Waals surface area contributed by atoms with Gasteiger partial charge < -0.3 is 10.4 Å². The molecule has 2 N–H and O–H groups in total. The van der Waals surface area contributed by atoms with Gasteiger partial charge in [0, 0.05) is 17.7 Å². The molecule has 1 rings (SSSR count). The Morgan fingerprint density at radius 1 is 0.865 bits per heavy atom. The minimum absolute atomic E-state index is 0.0718. The molecule has 0 aliphatic heterocycles. The summed E-state index contributed by atoms with van der Waals surface area (Å²) in [5, 5.41) is 20.8. The number of hydrogen-bond acceptors (Lipinski definition) is 4. The standard InChI is InChI=1S/C31H46N2O4/c1-2-3-4-5-6-7-8-9-10-11-12-13-14-15-16-17-18-27(31(36)37)25-30(35)33-28-21-19-26(20-22-28)29(34)23-24-32/h7-8,19-22,27H,2-6,9-18,23,25H2,1H3,(H,33,35)(H,36,37)/b8-7+. The highest BCUT2D eigenvalue weighted by atomic mass is 16.4. The Hall–Kier alpha value is -2.94. The molecule has 1 amide bonds. The van der Waals surface area contributed by atoms with Crippen LogP contribution in [0, 0.1) is 17.2 Å². The SMILES string of the molecule is CCCCCC/C=C/CCCCCCCCCCC(CC(=O)Nc1ccc(C(=O)CC#N)cc1)C(=O)O. The van der Waals surface area contributed by atoms with Crippen LogP contribution in [0.15, 0.2) is 36.4 Å².